The van der Waals surface area contributed by atoms with Gasteiger partial charge in [0.25, 0.3) is 5.89 Å². The molecule has 0 aliphatic heterocycles. The Balaban J connectivity index is 1.88. The Kier molecular flexibility index (Phi) is 5.03. The van der Waals surface area contributed by atoms with E-state index in [-0.39, 0.29) is 17.5 Å². The molecule has 3 aromatic rings. The Bertz CT molecular complexity index is 912. The van der Waals surface area contributed by atoms with E-state index in [1.807, 2.05) is 0 Å². The average Bonchev–Trinajstić information content (AvgIpc) is 3.09. The van der Waals surface area contributed by atoms with Gasteiger partial charge in [0, 0.05) is 10.6 Å². The van der Waals surface area contributed by atoms with Gasteiger partial charge in [0.05, 0.1) is 12.7 Å². The highest BCUT2D eigenvalue weighted by Crippen LogP contribution is 2.32. The smallest absolute Gasteiger partial charge is 0.422 e. The summed E-state index contributed by atoms with van der Waals surface area (Å²) in [6, 6.07) is 10.9. The molecule has 0 atom stereocenters. The van der Waals surface area contributed by atoms with Gasteiger partial charge in [0.2, 0.25) is 5.82 Å². The zero-order valence-electron chi connectivity index (χ0n) is 13.4. The van der Waals surface area contributed by atoms with Crippen LogP contribution in [0.2, 0.25) is 5.02 Å². The maximum atomic E-state index is 12.3. The SMILES string of the molecule is COc1ccc(Cl)cc1-c1noc(-c2cccc(OCC(F)(F)F)c2)n1. The topological polar surface area (TPSA) is 57.4 Å². The Morgan fingerprint density at radius 2 is 1.96 bits per heavy atom. The van der Waals surface area contributed by atoms with Crippen molar-refractivity contribution in [3.8, 4) is 34.3 Å². The number of aromatic nitrogens is 2. The molecule has 136 valence electrons. The van der Waals surface area contributed by atoms with Crippen molar-refractivity contribution in [2.45, 2.75) is 6.18 Å². The number of methoxy groups -OCH3 is 1. The number of nitrogens with zero attached hydrogens (tertiary/aromatic N) is 2. The van der Waals surface area contributed by atoms with Crippen LogP contribution in [-0.2, 0) is 0 Å². The number of rotatable bonds is 5. The standard InChI is InChI=1S/C17H12ClF3N2O3/c1-24-14-6-5-11(18)8-13(14)15-22-16(26-23-15)10-3-2-4-12(7-10)25-9-17(19,20)21/h2-8H,9H2,1H3. The highest BCUT2D eigenvalue weighted by atomic mass is 35.5. The van der Waals surface area contributed by atoms with Crippen LogP contribution in [0, 0.1) is 0 Å². The molecule has 2 aromatic carbocycles. The van der Waals surface area contributed by atoms with E-state index in [1.54, 1.807) is 24.3 Å². The molecule has 0 spiro atoms. The van der Waals surface area contributed by atoms with Crippen molar-refractivity contribution in [2.24, 2.45) is 0 Å². The molecule has 0 saturated carbocycles. The zero-order valence-corrected chi connectivity index (χ0v) is 14.1. The number of hydrogen-bond acceptors (Lipinski definition) is 5. The molecular formula is C17H12ClF3N2O3. The van der Waals surface area contributed by atoms with Gasteiger partial charge in [0.1, 0.15) is 11.5 Å². The van der Waals surface area contributed by atoms with Crippen molar-refractivity contribution in [1.29, 1.82) is 0 Å². The number of ether oxygens (including phenoxy) is 2. The van der Waals surface area contributed by atoms with Crippen molar-refractivity contribution < 1.29 is 27.2 Å². The molecule has 5 nitrogen and oxygen atoms in total. The van der Waals surface area contributed by atoms with Gasteiger partial charge in [-0.05, 0) is 36.4 Å². The molecule has 0 aliphatic rings. The molecule has 0 aliphatic carbocycles. The fraction of sp³-hybridized carbons (Fsp3) is 0.176. The van der Waals surface area contributed by atoms with Crippen LogP contribution in [0.4, 0.5) is 13.2 Å². The molecule has 0 bridgehead atoms. The third-order valence-electron chi connectivity index (χ3n) is 3.31. The molecule has 0 fully saturated rings. The monoisotopic (exact) mass is 384 g/mol. The first-order chi connectivity index (χ1) is 12.4. The molecule has 9 heteroatoms. The van der Waals surface area contributed by atoms with Crippen molar-refractivity contribution in [1.82, 2.24) is 10.1 Å². The van der Waals surface area contributed by atoms with Gasteiger partial charge in [-0.15, -0.1) is 0 Å². The maximum Gasteiger partial charge on any atom is 0.422 e. The van der Waals surface area contributed by atoms with Gasteiger partial charge in [0.15, 0.2) is 6.61 Å². The lowest BCUT2D eigenvalue weighted by atomic mass is 10.2. The molecule has 1 aromatic heterocycles. The summed E-state index contributed by atoms with van der Waals surface area (Å²) < 4.78 is 52.0. The normalized spacial score (nSPS) is 11.4. The van der Waals surface area contributed by atoms with Gasteiger partial charge in [-0.25, -0.2) is 0 Å². The van der Waals surface area contributed by atoms with Crippen molar-refractivity contribution in [2.75, 3.05) is 13.7 Å². The third kappa shape index (κ3) is 4.26. The van der Waals surface area contributed by atoms with E-state index in [4.69, 9.17) is 25.6 Å². The van der Waals surface area contributed by atoms with E-state index >= 15 is 0 Å². The maximum absolute atomic E-state index is 12.3. The van der Waals surface area contributed by atoms with E-state index in [0.29, 0.717) is 21.9 Å². The zero-order chi connectivity index (χ0) is 18.7. The van der Waals surface area contributed by atoms with E-state index in [0.717, 1.165) is 0 Å². The second-order valence-electron chi connectivity index (χ2n) is 5.20. The molecule has 0 saturated heterocycles. The summed E-state index contributed by atoms with van der Waals surface area (Å²) in [6.07, 6.45) is -4.42. The predicted octanol–water partition coefficient (Wildman–Crippen LogP) is 5.01. The Morgan fingerprint density at radius 1 is 1.15 bits per heavy atom. The number of alkyl halides is 3. The fourth-order valence-corrected chi connectivity index (χ4v) is 2.36. The van der Waals surface area contributed by atoms with Crippen LogP contribution in [0.5, 0.6) is 11.5 Å². The lowest BCUT2D eigenvalue weighted by Crippen LogP contribution is -2.19. The van der Waals surface area contributed by atoms with Crippen molar-refractivity contribution in [3.63, 3.8) is 0 Å². The summed E-state index contributed by atoms with van der Waals surface area (Å²) in [7, 11) is 1.50. The second-order valence-corrected chi connectivity index (χ2v) is 5.64. The average molecular weight is 385 g/mol. The van der Waals surface area contributed by atoms with E-state index in [1.165, 1.54) is 25.3 Å². The van der Waals surface area contributed by atoms with Gasteiger partial charge in [-0.3, -0.25) is 0 Å². The Morgan fingerprint density at radius 3 is 2.69 bits per heavy atom. The minimum Gasteiger partial charge on any atom is -0.496 e. The highest BCUT2D eigenvalue weighted by molar-refractivity contribution is 6.30. The van der Waals surface area contributed by atoms with Crippen molar-refractivity contribution >= 4 is 11.6 Å². The molecule has 1 heterocycles. The third-order valence-corrected chi connectivity index (χ3v) is 3.55. The fourth-order valence-electron chi connectivity index (χ4n) is 2.19. The lowest BCUT2D eigenvalue weighted by Gasteiger charge is -2.09. The van der Waals surface area contributed by atoms with Gasteiger partial charge in [-0.1, -0.05) is 22.8 Å². The molecule has 0 unspecified atom stereocenters. The molecular weight excluding hydrogens is 373 g/mol. The van der Waals surface area contributed by atoms with Crippen LogP contribution in [0.1, 0.15) is 0 Å². The summed E-state index contributed by atoms with van der Waals surface area (Å²) in [5.74, 6) is 0.907. The van der Waals surface area contributed by atoms with Crippen LogP contribution in [0.25, 0.3) is 22.8 Å². The number of halogens is 4. The first-order valence-corrected chi connectivity index (χ1v) is 7.71. The molecule has 0 N–H and O–H groups in total. The Hall–Kier alpha value is -2.74. The van der Waals surface area contributed by atoms with Crippen LogP contribution < -0.4 is 9.47 Å². The molecule has 0 radical (unpaired) electrons. The first kappa shape index (κ1) is 18.1. The van der Waals surface area contributed by atoms with Gasteiger partial charge in [-0.2, -0.15) is 18.2 Å². The highest BCUT2D eigenvalue weighted by Gasteiger charge is 2.28. The number of benzene rings is 2. The molecule has 26 heavy (non-hydrogen) atoms. The van der Waals surface area contributed by atoms with Gasteiger partial charge >= 0.3 is 6.18 Å². The summed E-state index contributed by atoms with van der Waals surface area (Å²) >= 11 is 5.99. The minimum absolute atomic E-state index is 0.0416. The van der Waals surface area contributed by atoms with Crippen LogP contribution in [-0.4, -0.2) is 30.0 Å². The summed E-state index contributed by atoms with van der Waals surface area (Å²) in [5.41, 5.74) is 0.948. The quantitative estimate of drug-likeness (QED) is 0.619. The summed E-state index contributed by atoms with van der Waals surface area (Å²) in [4.78, 5) is 4.26. The summed E-state index contributed by atoms with van der Waals surface area (Å²) in [6.45, 7) is -1.38. The second kappa shape index (κ2) is 7.25. The van der Waals surface area contributed by atoms with Crippen LogP contribution in [0.15, 0.2) is 47.0 Å². The van der Waals surface area contributed by atoms with E-state index in [9.17, 15) is 13.2 Å². The van der Waals surface area contributed by atoms with E-state index < -0.39 is 12.8 Å². The predicted molar refractivity (Wildman–Crippen MR) is 88.3 cm³/mol. The summed E-state index contributed by atoms with van der Waals surface area (Å²) in [5, 5.41) is 4.35. The molecule has 0 amide bonds. The van der Waals surface area contributed by atoms with E-state index in [2.05, 4.69) is 10.1 Å². The first-order valence-electron chi connectivity index (χ1n) is 7.33. The largest absolute Gasteiger partial charge is 0.496 e. The van der Waals surface area contributed by atoms with Crippen molar-refractivity contribution in [3.05, 3.63) is 47.5 Å². The van der Waals surface area contributed by atoms with Crippen LogP contribution in [0.3, 0.4) is 0 Å². The van der Waals surface area contributed by atoms with Gasteiger partial charge < -0.3 is 14.0 Å². The lowest BCUT2D eigenvalue weighted by molar-refractivity contribution is -0.153. The van der Waals surface area contributed by atoms with Crippen LogP contribution >= 0.6 is 11.6 Å². The molecule has 3 rings (SSSR count). The number of hydrogen-bond donors (Lipinski definition) is 0. The minimum atomic E-state index is -4.42. The Labute approximate surface area is 151 Å².